The number of aliphatic carboxylic acids is 1. The van der Waals surface area contributed by atoms with E-state index in [1.54, 1.807) is 12.1 Å². The monoisotopic (exact) mass is 1170 g/mol. The second-order valence-corrected chi connectivity index (χ2v) is 20.1. The molecule has 0 spiro atoms. The van der Waals surface area contributed by atoms with Crippen LogP contribution in [0.3, 0.4) is 0 Å². The number of hydrogen-bond donors (Lipinski definition) is 3. The van der Waals surface area contributed by atoms with Crippen molar-refractivity contribution in [1.82, 2.24) is 0 Å². The van der Waals surface area contributed by atoms with E-state index in [-0.39, 0.29) is 210 Å². The number of benzene rings is 5. The minimum atomic E-state index is -5.47. The van der Waals surface area contributed by atoms with Crippen LogP contribution in [0.1, 0.15) is 22.3 Å². The van der Waals surface area contributed by atoms with Crippen LogP contribution in [0.5, 0.6) is 11.5 Å². The number of ketones is 2. The third-order valence-corrected chi connectivity index (χ3v) is 13.5. The zero-order valence-electron chi connectivity index (χ0n) is 41.0. The molecule has 5 aromatic rings. The van der Waals surface area contributed by atoms with Crippen LogP contribution in [0.25, 0.3) is 23.3 Å². The van der Waals surface area contributed by atoms with Gasteiger partial charge in [0.15, 0.2) is 0 Å². The van der Waals surface area contributed by atoms with Gasteiger partial charge < -0.3 is 42.9 Å². The molecule has 0 radical (unpaired) electrons. The number of nitrogens with one attached hydrogen (secondary N) is 3. The molecule has 0 fully saturated rings. The van der Waals surface area contributed by atoms with Crippen LogP contribution in [0.15, 0.2) is 131 Å². The van der Waals surface area contributed by atoms with Crippen molar-refractivity contribution in [2.75, 3.05) is 30.4 Å². The number of methoxy groups -OCH3 is 2. The molecule has 0 aromatic heterocycles. The summed E-state index contributed by atoms with van der Waals surface area (Å²) in [6, 6.07) is 17.8. The van der Waals surface area contributed by atoms with Crippen molar-refractivity contribution in [3.8, 4) is 22.6 Å². The first-order valence-electron chi connectivity index (χ1n) is 19.4. The maximum atomic E-state index is 13.2. The minimum absolute atomic E-state index is 0. The Morgan fingerprint density at radius 2 is 0.948 bits per heavy atom. The topological polar surface area (TPSA) is 424 Å². The molecule has 372 valence electrons. The van der Waals surface area contributed by atoms with Crippen LogP contribution in [-0.4, -0.2) is 101 Å². The predicted octanol–water partition coefficient (Wildman–Crippen LogP) is -13.1. The van der Waals surface area contributed by atoms with Crippen molar-refractivity contribution in [2.24, 2.45) is 20.4 Å². The zero-order chi connectivity index (χ0) is 52.7. The molecule has 0 unspecified atom stereocenters. The number of nitrogens with zero attached hydrogens (tertiary/aromatic N) is 4. The summed E-state index contributed by atoms with van der Waals surface area (Å²) >= 11 is 0. The fraction of sp³-hybridized carbons (Fsp3) is 0.0476. The quantitative estimate of drug-likeness (QED) is 0.0305. The van der Waals surface area contributed by atoms with Crippen LogP contribution < -0.4 is 179 Å². The number of rotatable bonds is 14. The molecule has 1 amide bonds. The average molecular weight is 1180 g/mol. The molecule has 35 heteroatoms. The van der Waals surface area contributed by atoms with Gasteiger partial charge in [-0.3, -0.25) is 25.2 Å². The first kappa shape index (κ1) is 69.7. The number of anilines is 3. The van der Waals surface area contributed by atoms with Gasteiger partial charge in [0, 0.05) is 11.1 Å². The number of hydrogen-bond acceptors (Lipinski definition) is 25. The summed E-state index contributed by atoms with van der Waals surface area (Å²) < 4.78 is 152. The van der Waals surface area contributed by atoms with Gasteiger partial charge in [0.25, 0.3) is 5.91 Å². The number of carbonyl (C=O) groups excluding carboxylic acids is 4. The fourth-order valence-electron chi connectivity index (χ4n) is 6.76. The summed E-state index contributed by atoms with van der Waals surface area (Å²) in [6.45, 7) is 0. The van der Waals surface area contributed by atoms with Crippen LogP contribution in [0.2, 0.25) is 0 Å². The van der Waals surface area contributed by atoms with Crippen molar-refractivity contribution < 1.29 is 233 Å². The maximum Gasteiger partial charge on any atom is 1.00 e. The number of carboxylic acids is 1. The van der Waals surface area contributed by atoms with Gasteiger partial charge in [-0.1, -0.05) is 24.3 Å². The van der Waals surface area contributed by atoms with Crippen molar-refractivity contribution in [3.63, 3.8) is 0 Å². The Labute approximate surface area is 548 Å². The average Bonchev–Trinajstić information content (AvgIpc) is 3.31. The Morgan fingerprint density at radius 3 is 1.40 bits per heavy atom. The van der Waals surface area contributed by atoms with E-state index >= 15 is 0 Å². The number of azo groups is 1. The molecule has 2 aliphatic rings. The molecule has 26 nitrogen and oxygen atoms in total. The Kier molecular flexibility index (Phi) is 25.3. The molecule has 3 N–H and O–H groups in total. The van der Waals surface area contributed by atoms with Crippen molar-refractivity contribution >= 4 is 116 Å². The summed E-state index contributed by atoms with van der Waals surface area (Å²) in [6.07, 6.45) is 1.23. The Bertz CT molecular complexity index is 3880. The molecular weight excluding hydrogens is 1150 g/mol. The minimum Gasteiger partial charge on any atom is -0.744 e. The molecule has 77 heavy (non-hydrogen) atoms. The molecule has 0 aliphatic heterocycles. The van der Waals surface area contributed by atoms with Gasteiger partial charge >= 0.3 is 148 Å². The number of ether oxygens (including phenoxy) is 2. The summed E-state index contributed by atoms with van der Waals surface area (Å²) in [7, 11) is -18.4. The fourth-order valence-corrected chi connectivity index (χ4v) is 8.96. The first-order valence-corrected chi connectivity index (χ1v) is 25.1. The number of carboxylic acid groups (broad SMARTS) is 1. The molecular formula is C42H26N7Na5O19S4. The third-order valence-electron chi connectivity index (χ3n) is 10.1. The van der Waals surface area contributed by atoms with Crippen molar-refractivity contribution in [1.29, 1.82) is 0 Å². The molecule has 0 atom stereocenters. The molecule has 5 aromatic carbocycles. The van der Waals surface area contributed by atoms with Gasteiger partial charge in [-0.2, -0.15) is 10.2 Å². The SMILES string of the molecule is COc1cc(-c2ccc(N/N=C3\C(=O)C(S(=O)(=O)[O-])=Cc4cc(S(=O)(=O)[O-])ccc43)c(OC)c2)ccc1N=Nc1ccc(N/N=C2\C(=O)C(S(=O)(=O)[O-])=Cc3cc(S(=O)(=O)[O-])ccc32)cc1NC(=O)C(=O)[O-].[Na+].[Na+].[Na+].[Na+].[Na+]. The van der Waals surface area contributed by atoms with Crippen LogP contribution in [-0.2, 0) is 59.7 Å². The van der Waals surface area contributed by atoms with Crippen molar-refractivity contribution in [2.45, 2.75) is 9.79 Å². The molecule has 0 heterocycles. The molecule has 0 bridgehead atoms. The van der Waals surface area contributed by atoms with Gasteiger partial charge in [0.2, 0.25) is 11.6 Å². The zero-order valence-corrected chi connectivity index (χ0v) is 54.3. The van der Waals surface area contributed by atoms with Crippen LogP contribution in [0.4, 0.5) is 28.4 Å². The Balaban J connectivity index is 0.00000406. The third kappa shape index (κ3) is 16.4. The molecule has 2 aliphatic carbocycles. The smallest absolute Gasteiger partial charge is 0.744 e. The van der Waals surface area contributed by atoms with E-state index in [2.05, 4.69) is 36.6 Å². The van der Waals surface area contributed by atoms with Crippen LogP contribution >= 0.6 is 0 Å². The Hall–Kier alpha value is -3.36. The standard InChI is InChI=1S/C42H31N7O19S4.5Na/c1-67-33-15-20(21-4-11-31(34(16-21)68-2)47-49-38-28-9-7-26(70(58,59)60)14-23(28)18-36(40(38)51)72(64,65)66)3-10-30(33)46-45-29-12-5-24(19-32(29)43-41(52)42(53)54)44-48-37-27-8-6-25(69(55,56)57)13-22(27)17-35(39(37)50)71(61,62)63;;;;;/h3-19,44,47H,1-2H3,(H,43,52)(H,53,54)(H,55,56,57)(H,58,59,60)(H,61,62,63)(H,64,65,66);;;;;/q;5*+1/p-5/b46-45?,48-37-,49-38-;;;;;. The Morgan fingerprint density at radius 1 is 0.506 bits per heavy atom. The van der Waals surface area contributed by atoms with Gasteiger partial charge in [-0.25, -0.2) is 33.7 Å². The van der Waals surface area contributed by atoms with E-state index in [4.69, 9.17) is 9.47 Å². The number of Topliss-reactive ketones (excluding diaryl/α,β-unsaturated/α-hetero) is 2. The summed E-state index contributed by atoms with van der Waals surface area (Å²) in [5, 5.41) is 29.6. The summed E-state index contributed by atoms with van der Waals surface area (Å²) in [5.41, 5.74) is 3.30. The second kappa shape index (κ2) is 27.9. The second-order valence-electron chi connectivity index (χ2n) is 14.6. The van der Waals surface area contributed by atoms with E-state index in [1.165, 1.54) is 50.6 Å². The largest absolute Gasteiger partial charge is 1.00 e. The predicted molar refractivity (Wildman–Crippen MR) is 244 cm³/mol. The van der Waals surface area contributed by atoms with E-state index in [0.717, 1.165) is 42.5 Å². The van der Waals surface area contributed by atoms with E-state index in [9.17, 15) is 76.2 Å². The number of carbonyl (C=O) groups is 4. The maximum absolute atomic E-state index is 13.2. The van der Waals surface area contributed by atoms with Crippen molar-refractivity contribution in [3.05, 3.63) is 123 Å². The van der Waals surface area contributed by atoms with E-state index in [0.29, 0.717) is 23.3 Å². The summed E-state index contributed by atoms with van der Waals surface area (Å²) in [4.78, 5) is 45.8. The summed E-state index contributed by atoms with van der Waals surface area (Å²) in [5.74, 6) is -6.29. The van der Waals surface area contributed by atoms with Gasteiger partial charge in [-0.05, 0) is 101 Å². The number of hydrazone groups is 2. The number of amides is 1. The molecule has 0 saturated carbocycles. The van der Waals surface area contributed by atoms with E-state index in [1.807, 2.05) is 0 Å². The van der Waals surface area contributed by atoms with E-state index < -0.39 is 94.9 Å². The number of allylic oxidation sites excluding steroid dienone is 2. The number of fused-ring (bicyclic) bond motifs is 2. The van der Waals surface area contributed by atoms with Gasteiger partial charge in [-0.15, -0.1) is 10.2 Å². The van der Waals surface area contributed by atoms with Gasteiger partial charge in [0.1, 0.15) is 90.5 Å². The molecule has 0 saturated heterocycles. The van der Waals surface area contributed by atoms with Gasteiger partial charge in [0.05, 0.1) is 41.1 Å². The first-order chi connectivity index (χ1) is 33.7. The van der Waals surface area contributed by atoms with Crippen LogP contribution in [0, 0.1) is 0 Å². The molecule has 7 rings (SSSR count). The normalized spacial score (nSPS) is 14.1.